The number of hydrogen-bond donors (Lipinski definition) is 3. The molecule has 0 aliphatic rings. The predicted molar refractivity (Wildman–Crippen MR) is 121 cm³/mol. The standard InChI is InChI=1S/C24H31N3O5/c1-16(2)12-21(27-24(30)32-15-17-8-5-4-6-9-17)23(29)26-20(22(25)28)14-18-10-7-11-19(13-18)31-3/h4-11,13,16,20-21H,12,14-15H2,1-3H3,(H2,25,28)(H,26,29)(H,27,30)/t20-,21-/m0/s1. The maximum atomic E-state index is 12.9. The van der Waals surface area contributed by atoms with Crippen LogP contribution in [0.25, 0.3) is 0 Å². The Balaban J connectivity index is 2.01. The van der Waals surface area contributed by atoms with E-state index in [0.29, 0.717) is 12.2 Å². The van der Waals surface area contributed by atoms with Crippen LogP contribution < -0.4 is 21.1 Å². The molecule has 0 fully saturated rings. The van der Waals surface area contributed by atoms with Crippen molar-refractivity contribution in [2.75, 3.05) is 7.11 Å². The Bertz CT molecular complexity index is 902. The van der Waals surface area contributed by atoms with E-state index in [1.54, 1.807) is 25.3 Å². The molecule has 32 heavy (non-hydrogen) atoms. The maximum Gasteiger partial charge on any atom is 0.408 e. The van der Waals surface area contributed by atoms with Crippen molar-refractivity contribution in [1.82, 2.24) is 10.6 Å². The number of nitrogens with one attached hydrogen (secondary N) is 2. The fraction of sp³-hybridized carbons (Fsp3) is 0.375. The number of ether oxygens (including phenoxy) is 2. The molecule has 2 rings (SSSR count). The Hall–Kier alpha value is -3.55. The second-order valence-corrected chi connectivity index (χ2v) is 7.91. The summed E-state index contributed by atoms with van der Waals surface area (Å²) in [4.78, 5) is 37.2. The Kier molecular flexibility index (Phi) is 9.53. The van der Waals surface area contributed by atoms with Gasteiger partial charge in [0.25, 0.3) is 0 Å². The van der Waals surface area contributed by atoms with Crippen molar-refractivity contribution >= 4 is 17.9 Å². The molecule has 0 saturated heterocycles. The number of amides is 3. The first-order chi connectivity index (χ1) is 15.3. The molecular weight excluding hydrogens is 410 g/mol. The van der Waals surface area contributed by atoms with E-state index in [1.165, 1.54) is 0 Å². The summed E-state index contributed by atoms with van der Waals surface area (Å²) in [5, 5.41) is 5.26. The van der Waals surface area contributed by atoms with E-state index >= 15 is 0 Å². The molecule has 8 heteroatoms. The lowest BCUT2D eigenvalue weighted by Gasteiger charge is -2.23. The number of rotatable bonds is 11. The van der Waals surface area contributed by atoms with Crippen LogP contribution in [0.4, 0.5) is 4.79 Å². The number of nitrogens with two attached hydrogens (primary N) is 1. The summed E-state index contributed by atoms with van der Waals surface area (Å²) in [5.74, 6) is -0.415. The minimum Gasteiger partial charge on any atom is -0.497 e. The van der Waals surface area contributed by atoms with Gasteiger partial charge in [-0.3, -0.25) is 9.59 Å². The fourth-order valence-corrected chi connectivity index (χ4v) is 3.14. The van der Waals surface area contributed by atoms with E-state index in [4.69, 9.17) is 15.2 Å². The van der Waals surface area contributed by atoms with Crippen molar-refractivity contribution in [2.24, 2.45) is 11.7 Å². The number of benzene rings is 2. The number of carbonyl (C=O) groups excluding carboxylic acids is 3. The summed E-state index contributed by atoms with van der Waals surface area (Å²) in [5.41, 5.74) is 7.14. The van der Waals surface area contributed by atoms with Crippen LogP contribution in [0.5, 0.6) is 5.75 Å². The molecule has 0 bridgehead atoms. The Morgan fingerprint density at radius 1 is 0.938 bits per heavy atom. The zero-order valence-corrected chi connectivity index (χ0v) is 18.7. The van der Waals surface area contributed by atoms with Crippen LogP contribution in [0, 0.1) is 5.92 Å². The maximum absolute atomic E-state index is 12.9. The average Bonchev–Trinajstić information content (AvgIpc) is 2.77. The summed E-state index contributed by atoms with van der Waals surface area (Å²) in [7, 11) is 1.55. The van der Waals surface area contributed by atoms with Gasteiger partial charge in [-0.15, -0.1) is 0 Å². The summed E-state index contributed by atoms with van der Waals surface area (Å²) in [6.07, 6.45) is -0.139. The largest absolute Gasteiger partial charge is 0.497 e. The molecule has 0 spiro atoms. The van der Waals surface area contributed by atoms with E-state index < -0.39 is 30.0 Å². The van der Waals surface area contributed by atoms with Gasteiger partial charge in [0.05, 0.1) is 7.11 Å². The predicted octanol–water partition coefficient (Wildman–Crippen LogP) is 2.55. The van der Waals surface area contributed by atoms with Crippen molar-refractivity contribution in [2.45, 2.75) is 45.4 Å². The molecule has 2 aromatic carbocycles. The van der Waals surface area contributed by atoms with Crippen molar-refractivity contribution in [3.05, 3.63) is 65.7 Å². The second-order valence-electron chi connectivity index (χ2n) is 7.91. The van der Waals surface area contributed by atoms with E-state index in [2.05, 4.69) is 10.6 Å². The molecule has 3 amide bonds. The number of carbonyl (C=O) groups is 3. The van der Waals surface area contributed by atoms with Gasteiger partial charge in [0.1, 0.15) is 24.4 Å². The smallest absolute Gasteiger partial charge is 0.408 e. The van der Waals surface area contributed by atoms with E-state index in [9.17, 15) is 14.4 Å². The monoisotopic (exact) mass is 441 g/mol. The molecule has 2 aromatic rings. The topological polar surface area (TPSA) is 120 Å². The summed E-state index contributed by atoms with van der Waals surface area (Å²) >= 11 is 0. The Morgan fingerprint density at radius 2 is 1.62 bits per heavy atom. The molecule has 8 nitrogen and oxygen atoms in total. The molecule has 4 N–H and O–H groups in total. The highest BCUT2D eigenvalue weighted by Gasteiger charge is 2.27. The summed E-state index contributed by atoms with van der Waals surface area (Å²) in [6, 6.07) is 14.6. The lowest BCUT2D eigenvalue weighted by atomic mass is 10.0. The molecule has 172 valence electrons. The summed E-state index contributed by atoms with van der Waals surface area (Å²) in [6.45, 7) is 3.95. The van der Waals surface area contributed by atoms with Crippen molar-refractivity contribution in [3.63, 3.8) is 0 Å². The molecule has 0 heterocycles. The van der Waals surface area contributed by atoms with Crippen LogP contribution in [-0.2, 0) is 27.4 Å². The van der Waals surface area contributed by atoms with Crippen molar-refractivity contribution in [1.29, 1.82) is 0 Å². The fourth-order valence-electron chi connectivity index (χ4n) is 3.14. The molecule has 0 unspecified atom stereocenters. The van der Waals surface area contributed by atoms with Gasteiger partial charge in [-0.1, -0.05) is 56.3 Å². The third-order valence-corrected chi connectivity index (χ3v) is 4.76. The molecular formula is C24H31N3O5. The Morgan fingerprint density at radius 3 is 2.25 bits per heavy atom. The number of hydrogen-bond acceptors (Lipinski definition) is 5. The third kappa shape index (κ3) is 8.29. The van der Waals surface area contributed by atoms with E-state index in [0.717, 1.165) is 11.1 Å². The van der Waals surface area contributed by atoms with Gasteiger partial charge in [-0.05, 0) is 35.6 Å². The van der Waals surface area contributed by atoms with Gasteiger partial charge in [-0.2, -0.15) is 0 Å². The quantitative estimate of drug-likeness (QED) is 0.495. The number of alkyl carbamates (subject to hydrolysis) is 1. The number of primary amides is 1. The first-order valence-electron chi connectivity index (χ1n) is 10.5. The summed E-state index contributed by atoms with van der Waals surface area (Å²) < 4.78 is 10.4. The molecule has 2 atom stereocenters. The highest BCUT2D eigenvalue weighted by molar-refractivity contribution is 5.90. The molecule has 0 aliphatic heterocycles. The Labute approximate surface area is 188 Å². The number of methoxy groups -OCH3 is 1. The molecule has 0 radical (unpaired) electrons. The van der Waals surface area contributed by atoms with Crippen LogP contribution in [-0.4, -0.2) is 37.1 Å². The average molecular weight is 442 g/mol. The molecule has 0 aliphatic carbocycles. The van der Waals surface area contributed by atoms with Gasteiger partial charge in [-0.25, -0.2) is 4.79 Å². The minimum absolute atomic E-state index is 0.0858. The third-order valence-electron chi connectivity index (χ3n) is 4.76. The minimum atomic E-state index is -0.939. The van der Waals surface area contributed by atoms with Crippen LogP contribution in [0.1, 0.15) is 31.4 Å². The second kappa shape index (κ2) is 12.3. The lowest BCUT2D eigenvalue weighted by molar-refractivity contribution is -0.128. The highest BCUT2D eigenvalue weighted by Crippen LogP contribution is 2.14. The zero-order valence-electron chi connectivity index (χ0n) is 18.7. The van der Waals surface area contributed by atoms with Gasteiger partial charge in [0.15, 0.2) is 0 Å². The zero-order chi connectivity index (χ0) is 23.5. The van der Waals surface area contributed by atoms with Gasteiger partial charge >= 0.3 is 6.09 Å². The van der Waals surface area contributed by atoms with Gasteiger partial charge in [0, 0.05) is 6.42 Å². The molecule has 0 saturated carbocycles. The van der Waals surface area contributed by atoms with Crippen molar-refractivity contribution in [3.8, 4) is 5.75 Å². The van der Waals surface area contributed by atoms with Gasteiger partial charge in [0.2, 0.25) is 11.8 Å². The first kappa shape index (κ1) is 24.7. The molecule has 0 aromatic heterocycles. The van der Waals surface area contributed by atoms with Crippen LogP contribution >= 0.6 is 0 Å². The SMILES string of the molecule is COc1cccc(C[C@H](NC(=O)[C@H](CC(C)C)NC(=O)OCc2ccccc2)C(N)=O)c1. The lowest BCUT2D eigenvalue weighted by Crippen LogP contribution is -2.54. The highest BCUT2D eigenvalue weighted by atomic mass is 16.5. The van der Waals surface area contributed by atoms with E-state index in [-0.39, 0.29) is 18.9 Å². The van der Waals surface area contributed by atoms with Crippen molar-refractivity contribution < 1.29 is 23.9 Å². The van der Waals surface area contributed by atoms with E-state index in [1.807, 2.05) is 50.2 Å². The van der Waals surface area contributed by atoms with Gasteiger partial charge < -0.3 is 25.8 Å². The first-order valence-corrected chi connectivity index (χ1v) is 10.5. The van der Waals surface area contributed by atoms with Crippen LogP contribution in [0.3, 0.4) is 0 Å². The van der Waals surface area contributed by atoms with Crippen LogP contribution in [0.2, 0.25) is 0 Å². The normalized spacial score (nSPS) is 12.5. The van der Waals surface area contributed by atoms with Crippen LogP contribution in [0.15, 0.2) is 54.6 Å².